The Morgan fingerprint density at radius 3 is 2.76 bits per heavy atom. The summed E-state index contributed by atoms with van der Waals surface area (Å²) in [5.41, 5.74) is 1.42. The van der Waals surface area contributed by atoms with Crippen molar-refractivity contribution in [2.75, 3.05) is 0 Å². The van der Waals surface area contributed by atoms with Crippen molar-refractivity contribution >= 4 is 29.1 Å². The number of halogens is 1. The fourth-order valence-corrected chi connectivity index (χ4v) is 2.34. The van der Waals surface area contributed by atoms with E-state index in [4.69, 9.17) is 16.0 Å². The largest absolute Gasteiger partial charge is 0.439 e. The molecule has 0 saturated carbocycles. The number of aryl methyl sites for hydroxylation is 1. The van der Waals surface area contributed by atoms with Crippen LogP contribution < -0.4 is 0 Å². The number of nitrogens with zero attached hydrogens (tertiary/aromatic N) is 1. The first-order valence-corrected chi connectivity index (χ1v) is 6.16. The van der Waals surface area contributed by atoms with Crippen LogP contribution in [0.4, 0.5) is 0 Å². The molecule has 5 heteroatoms. The molecule has 0 saturated heterocycles. The van der Waals surface area contributed by atoms with Gasteiger partial charge < -0.3 is 4.42 Å². The second-order valence-electron chi connectivity index (χ2n) is 3.56. The highest BCUT2D eigenvalue weighted by Gasteiger charge is 2.09. The fourth-order valence-electron chi connectivity index (χ4n) is 1.28. The molecule has 0 atom stereocenters. The van der Waals surface area contributed by atoms with Gasteiger partial charge in [0.2, 0.25) is 0 Å². The Bertz CT molecular complexity index is 565. The lowest BCUT2D eigenvalue weighted by atomic mass is 10.1. The van der Waals surface area contributed by atoms with Crippen molar-refractivity contribution < 1.29 is 9.21 Å². The molecule has 1 aromatic carbocycles. The minimum absolute atomic E-state index is 0.00424. The molecule has 0 aliphatic heterocycles. The summed E-state index contributed by atoms with van der Waals surface area (Å²) in [6.07, 6.45) is 1.58. The number of benzene rings is 1. The van der Waals surface area contributed by atoms with E-state index in [0.717, 1.165) is 10.6 Å². The van der Waals surface area contributed by atoms with Crippen LogP contribution in [0.2, 0.25) is 5.02 Å². The molecule has 0 radical (unpaired) electrons. The predicted octanol–water partition coefficient (Wildman–Crippen LogP) is 3.99. The maximum atomic E-state index is 11.2. The van der Waals surface area contributed by atoms with Crippen molar-refractivity contribution in [2.24, 2.45) is 0 Å². The Hall–Kier alpha value is -1.26. The number of rotatable bonds is 3. The van der Waals surface area contributed by atoms with Crippen LogP contribution >= 0.6 is 23.4 Å². The SMILES string of the molecule is CC(=O)c1ccc(Sc2nc(C)co2)c(Cl)c1. The molecule has 2 rings (SSSR count). The van der Waals surface area contributed by atoms with E-state index in [-0.39, 0.29) is 5.78 Å². The maximum absolute atomic E-state index is 11.2. The molecule has 1 aromatic heterocycles. The molecule has 17 heavy (non-hydrogen) atoms. The first-order valence-electron chi connectivity index (χ1n) is 4.97. The van der Waals surface area contributed by atoms with Gasteiger partial charge in [-0.2, -0.15) is 0 Å². The quantitative estimate of drug-likeness (QED) is 0.789. The van der Waals surface area contributed by atoms with Crippen LogP contribution in [0, 0.1) is 6.92 Å². The Balaban J connectivity index is 2.25. The monoisotopic (exact) mass is 267 g/mol. The molecule has 0 amide bonds. The molecular formula is C12H10ClNO2S. The smallest absolute Gasteiger partial charge is 0.260 e. The molecule has 0 fully saturated rings. The minimum atomic E-state index is -0.00424. The number of hydrogen-bond acceptors (Lipinski definition) is 4. The topological polar surface area (TPSA) is 43.1 Å². The van der Waals surface area contributed by atoms with E-state index in [1.54, 1.807) is 24.5 Å². The van der Waals surface area contributed by atoms with Crippen LogP contribution in [-0.4, -0.2) is 10.8 Å². The lowest BCUT2D eigenvalue weighted by molar-refractivity contribution is 0.101. The summed E-state index contributed by atoms with van der Waals surface area (Å²) in [6.45, 7) is 3.37. The van der Waals surface area contributed by atoms with Gasteiger partial charge in [0.1, 0.15) is 6.26 Å². The predicted molar refractivity (Wildman–Crippen MR) is 66.8 cm³/mol. The standard InChI is InChI=1S/C12H10ClNO2S/c1-7-6-16-12(14-7)17-11-4-3-9(8(2)15)5-10(11)13/h3-6H,1-2H3. The number of Topliss-reactive ketones (excluding diaryl/α,β-unsaturated/α-hetero) is 1. The molecule has 0 spiro atoms. The second-order valence-corrected chi connectivity index (χ2v) is 4.96. The Morgan fingerprint density at radius 2 is 2.24 bits per heavy atom. The van der Waals surface area contributed by atoms with Crippen LogP contribution in [0.1, 0.15) is 23.0 Å². The zero-order chi connectivity index (χ0) is 12.4. The van der Waals surface area contributed by atoms with Gasteiger partial charge in [-0.15, -0.1) is 0 Å². The summed E-state index contributed by atoms with van der Waals surface area (Å²) >= 11 is 7.42. The average molecular weight is 268 g/mol. The van der Waals surface area contributed by atoms with Gasteiger partial charge in [-0.1, -0.05) is 17.7 Å². The van der Waals surface area contributed by atoms with Gasteiger partial charge in [0, 0.05) is 10.5 Å². The number of carbonyl (C=O) groups is 1. The summed E-state index contributed by atoms with van der Waals surface area (Å²) in [5.74, 6) is -0.00424. The third-order valence-corrected chi connectivity index (χ3v) is 3.50. The number of aromatic nitrogens is 1. The third-order valence-electron chi connectivity index (χ3n) is 2.13. The van der Waals surface area contributed by atoms with E-state index in [2.05, 4.69) is 4.98 Å². The molecule has 88 valence electrons. The van der Waals surface area contributed by atoms with Crippen LogP contribution in [0.3, 0.4) is 0 Å². The zero-order valence-corrected chi connectivity index (χ0v) is 10.9. The van der Waals surface area contributed by atoms with Crippen LogP contribution in [-0.2, 0) is 0 Å². The zero-order valence-electron chi connectivity index (χ0n) is 9.36. The molecule has 0 bridgehead atoms. The second kappa shape index (κ2) is 4.94. The molecule has 0 aliphatic rings. The van der Waals surface area contributed by atoms with Crippen LogP contribution in [0.15, 0.2) is 39.0 Å². The van der Waals surface area contributed by atoms with Crippen molar-refractivity contribution in [3.63, 3.8) is 0 Å². The molecule has 0 unspecified atom stereocenters. The van der Waals surface area contributed by atoms with Crippen molar-refractivity contribution in [3.05, 3.63) is 40.7 Å². The average Bonchev–Trinajstić information content (AvgIpc) is 2.67. The molecule has 3 nitrogen and oxygen atoms in total. The van der Waals surface area contributed by atoms with Crippen molar-refractivity contribution in [3.8, 4) is 0 Å². The van der Waals surface area contributed by atoms with Gasteiger partial charge >= 0.3 is 0 Å². The van der Waals surface area contributed by atoms with E-state index in [9.17, 15) is 4.79 Å². The lowest BCUT2D eigenvalue weighted by Gasteiger charge is -2.02. The van der Waals surface area contributed by atoms with Gasteiger partial charge in [0.15, 0.2) is 5.78 Å². The summed E-state index contributed by atoms with van der Waals surface area (Å²) in [7, 11) is 0. The van der Waals surface area contributed by atoms with E-state index in [1.807, 2.05) is 6.92 Å². The summed E-state index contributed by atoms with van der Waals surface area (Å²) in [6, 6.07) is 5.19. The molecule has 0 N–H and O–H groups in total. The number of ketones is 1. The molecular weight excluding hydrogens is 258 g/mol. The van der Waals surface area contributed by atoms with Crippen molar-refractivity contribution in [2.45, 2.75) is 24.0 Å². The summed E-state index contributed by atoms with van der Waals surface area (Å²) < 4.78 is 5.23. The van der Waals surface area contributed by atoms with Gasteiger partial charge in [0.05, 0.1) is 10.7 Å². The number of carbonyl (C=O) groups excluding carboxylic acids is 1. The van der Waals surface area contributed by atoms with E-state index < -0.39 is 0 Å². The summed E-state index contributed by atoms with van der Waals surface area (Å²) in [5, 5.41) is 1.07. The minimum Gasteiger partial charge on any atom is -0.439 e. The maximum Gasteiger partial charge on any atom is 0.260 e. The van der Waals surface area contributed by atoms with Crippen LogP contribution in [0.5, 0.6) is 0 Å². The fraction of sp³-hybridized carbons (Fsp3) is 0.167. The molecule has 2 aromatic rings. The molecule has 0 aliphatic carbocycles. The van der Waals surface area contributed by atoms with Gasteiger partial charge in [-0.05, 0) is 37.7 Å². The number of hydrogen-bond donors (Lipinski definition) is 0. The number of oxazole rings is 1. The highest BCUT2D eigenvalue weighted by atomic mass is 35.5. The third kappa shape index (κ3) is 2.90. The highest BCUT2D eigenvalue weighted by molar-refractivity contribution is 7.99. The Labute approximate surface area is 108 Å². The van der Waals surface area contributed by atoms with E-state index in [1.165, 1.54) is 18.7 Å². The first kappa shape index (κ1) is 12.2. The van der Waals surface area contributed by atoms with Gasteiger partial charge in [-0.3, -0.25) is 4.79 Å². The first-order chi connectivity index (χ1) is 8.06. The van der Waals surface area contributed by atoms with E-state index in [0.29, 0.717) is 15.8 Å². The lowest BCUT2D eigenvalue weighted by Crippen LogP contribution is -1.91. The van der Waals surface area contributed by atoms with Gasteiger partial charge in [-0.25, -0.2) is 4.98 Å². The summed E-state index contributed by atoms with van der Waals surface area (Å²) in [4.78, 5) is 16.2. The Morgan fingerprint density at radius 1 is 1.47 bits per heavy atom. The highest BCUT2D eigenvalue weighted by Crippen LogP contribution is 2.33. The normalized spacial score (nSPS) is 10.5. The van der Waals surface area contributed by atoms with Gasteiger partial charge in [0.25, 0.3) is 5.22 Å². The Kier molecular flexibility index (Phi) is 3.54. The van der Waals surface area contributed by atoms with Crippen molar-refractivity contribution in [1.29, 1.82) is 0 Å². The van der Waals surface area contributed by atoms with Crippen LogP contribution in [0.25, 0.3) is 0 Å². The van der Waals surface area contributed by atoms with E-state index >= 15 is 0 Å². The van der Waals surface area contributed by atoms with Crippen molar-refractivity contribution in [1.82, 2.24) is 4.98 Å². The molecule has 1 heterocycles.